The summed E-state index contributed by atoms with van der Waals surface area (Å²) in [6.07, 6.45) is 2.02. The maximum atomic E-state index is 12.9. The van der Waals surface area contributed by atoms with E-state index in [1.54, 1.807) is 0 Å². The zero-order valence-electron chi connectivity index (χ0n) is 11.1. The lowest BCUT2D eigenvalue weighted by Gasteiger charge is -2.14. The average Bonchev–Trinajstić information content (AvgIpc) is 2.43. The Bertz CT molecular complexity index is 454. The topological polar surface area (TPSA) is 0 Å². The van der Waals surface area contributed by atoms with Gasteiger partial charge in [0.05, 0.1) is 0 Å². The van der Waals surface area contributed by atoms with E-state index in [0.717, 1.165) is 18.2 Å². The molecule has 0 N–H and O–H groups in total. The highest BCUT2D eigenvalue weighted by Gasteiger charge is 2.09. The third kappa shape index (κ3) is 4.46. The summed E-state index contributed by atoms with van der Waals surface area (Å²) in [5.74, 6) is 0.367. The second-order valence-electron chi connectivity index (χ2n) is 5.04. The van der Waals surface area contributed by atoms with Crippen LogP contribution in [0.15, 0.2) is 48.5 Å². The van der Waals surface area contributed by atoms with Crippen molar-refractivity contribution in [3.8, 4) is 0 Å². The Labute approximate surface area is 122 Å². The van der Waals surface area contributed by atoms with Gasteiger partial charge < -0.3 is 0 Å². The third-order valence-electron chi connectivity index (χ3n) is 3.30. The second kappa shape index (κ2) is 6.85. The number of alkyl halides is 1. The van der Waals surface area contributed by atoms with Gasteiger partial charge in [-0.25, -0.2) is 4.39 Å². The Morgan fingerprint density at radius 2 is 1.37 bits per heavy atom. The zero-order chi connectivity index (χ0) is 13.7. The number of benzene rings is 2. The molecule has 0 aliphatic carbocycles. The molecule has 2 aromatic rings. The molecule has 0 nitrogen and oxygen atoms in total. The lowest BCUT2D eigenvalue weighted by Crippen LogP contribution is -2.10. The summed E-state index contributed by atoms with van der Waals surface area (Å²) in [6, 6.07) is 15.5. The van der Waals surface area contributed by atoms with E-state index in [4.69, 9.17) is 0 Å². The molecular weight excluding hydrogens is 303 g/mol. The molecule has 0 saturated carbocycles. The normalized spacial score (nSPS) is 12.4. The summed E-state index contributed by atoms with van der Waals surface area (Å²) in [4.78, 5) is 0. The van der Waals surface area contributed by atoms with Crippen LogP contribution in [0.2, 0.25) is 0 Å². The minimum atomic E-state index is -0.169. The SMILES string of the molecule is Cc1ccc(CC(CBr)Cc2ccc(F)cc2)cc1. The molecule has 0 spiro atoms. The van der Waals surface area contributed by atoms with Crippen LogP contribution in [-0.2, 0) is 12.8 Å². The Morgan fingerprint density at radius 3 is 1.84 bits per heavy atom. The largest absolute Gasteiger partial charge is 0.207 e. The van der Waals surface area contributed by atoms with E-state index in [-0.39, 0.29) is 5.82 Å². The van der Waals surface area contributed by atoms with Crippen molar-refractivity contribution in [2.75, 3.05) is 5.33 Å². The van der Waals surface area contributed by atoms with Crippen molar-refractivity contribution in [3.63, 3.8) is 0 Å². The molecule has 0 saturated heterocycles. The Morgan fingerprint density at radius 1 is 0.895 bits per heavy atom. The summed E-state index contributed by atoms with van der Waals surface area (Å²) in [7, 11) is 0. The minimum Gasteiger partial charge on any atom is -0.207 e. The van der Waals surface area contributed by atoms with Crippen LogP contribution in [-0.4, -0.2) is 5.33 Å². The average molecular weight is 321 g/mol. The van der Waals surface area contributed by atoms with Crippen molar-refractivity contribution in [2.24, 2.45) is 5.92 Å². The fourth-order valence-electron chi connectivity index (χ4n) is 2.19. The van der Waals surface area contributed by atoms with E-state index in [1.165, 1.54) is 28.8 Å². The lowest BCUT2D eigenvalue weighted by atomic mass is 9.94. The fourth-order valence-corrected chi connectivity index (χ4v) is 2.65. The van der Waals surface area contributed by atoms with Gasteiger partial charge in [-0.3, -0.25) is 0 Å². The van der Waals surface area contributed by atoms with Gasteiger partial charge in [-0.15, -0.1) is 0 Å². The van der Waals surface area contributed by atoms with Crippen LogP contribution in [0.1, 0.15) is 16.7 Å². The third-order valence-corrected chi connectivity index (χ3v) is 4.22. The van der Waals surface area contributed by atoms with Crippen LogP contribution >= 0.6 is 15.9 Å². The molecule has 19 heavy (non-hydrogen) atoms. The van der Waals surface area contributed by atoms with E-state index >= 15 is 0 Å². The van der Waals surface area contributed by atoms with Gasteiger partial charge >= 0.3 is 0 Å². The van der Waals surface area contributed by atoms with Crippen LogP contribution < -0.4 is 0 Å². The Balaban J connectivity index is 2.00. The summed E-state index contributed by atoms with van der Waals surface area (Å²) < 4.78 is 12.9. The van der Waals surface area contributed by atoms with Crippen LogP contribution in [0.5, 0.6) is 0 Å². The summed E-state index contributed by atoms with van der Waals surface area (Å²) >= 11 is 3.59. The molecule has 2 heteroatoms. The van der Waals surface area contributed by atoms with Gasteiger partial charge in [0.25, 0.3) is 0 Å². The van der Waals surface area contributed by atoms with Crippen molar-refractivity contribution in [1.29, 1.82) is 0 Å². The van der Waals surface area contributed by atoms with E-state index < -0.39 is 0 Å². The van der Waals surface area contributed by atoms with Gasteiger partial charge in [0.1, 0.15) is 5.82 Å². The standard InChI is InChI=1S/C17H18BrF/c1-13-2-4-14(5-3-13)10-16(12-18)11-15-6-8-17(19)9-7-15/h2-9,16H,10-12H2,1H3. The molecule has 0 aliphatic heterocycles. The smallest absolute Gasteiger partial charge is 0.123 e. The molecule has 100 valence electrons. The monoisotopic (exact) mass is 320 g/mol. The van der Waals surface area contributed by atoms with Crippen LogP contribution in [0, 0.1) is 18.7 Å². The first-order chi connectivity index (χ1) is 9.17. The van der Waals surface area contributed by atoms with Gasteiger partial charge in [-0.2, -0.15) is 0 Å². The first-order valence-electron chi connectivity index (χ1n) is 6.53. The first-order valence-corrected chi connectivity index (χ1v) is 7.65. The predicted octanol–water partition coefficient (Wildman–Crippen LogP) is 4.93. The molecule has 0 aliphatic rings. The minimum absolute atomic E-state index is 0.169. The van der Waals surface area contributed by atoms with Crippen molar-refractivity contribution in [2.45, 2.75) is 19.8 Å². The molecule has 0 bridgehead atoms. The number of aryl methyl sites for hydroxylation is 1. The van der Waals surface area contributed by atoms with Crippen LogP contribution in [0.3, 0.4) is 0 Å². The second-order valence-corrected chi connectivity index (χ2v) is 5.69. The maximum absolute atomic E-state index is 12.9. The van der Waals surface area contributed by atoms with Gasteiger partial charge in [0.15, 0.2) is 0 Å². The quantitative estimate of drug-likeness (QED) is 0.685. The van der Waals surface area contributed by atoms with Gasteiger partial charge in [0, 0.05) is 5.33 Å². The molecule has 2 rings (SSSR count). The van der Waals surface area contributed by atoms with Crippen LogP contribution in [0.4, 0.5) is 4.39 Å². The molecule has 0 amide bonds. The van der Waals surface area contributed by atoms with Gasteiger partial charge in [-0.05, 0) is 48.9 Å². The molecule has 0 radical (unpaired) electrons. The van der Waals surface area contributed by atoms with E-state index in [1.807, 2.05) is 12.1 Å². The number of halogens is 2. The van der Waals surface area contributed by atoms with E-state index in [9.17, 15) is 4.39 Å². The maximum Gasteiger partial charge on any atom is 0.123 e. The predicted molar refractivity (Wildman–Crippen MR) is 82.3 cm³/mol. The summed E-state index contributed by atoms with van der Waals surface area (Å²) in [5, 5.41) is 0.957. The highest BCUT2D eigenvalue weighted by Crippen LogP contribution is 2.17. The molecule has 0 aromatic heterocycles. The Hall–Kier alpha value is -1.15. The fraction of sp³-hybridized carbons (Fsp3) is 0.294. The van der Waals surface area contributed by atoms with Gasteiger partial charge in [0.2, 0.25) is 0 Å². The lowest BCUT2D eigenvalue weighted by molar-refractivity contribution is 0.587. The highest BCUT2D eigenvalue weighted by molar-refractivity contribution is 9.09. The molecule has 0 heterocycles. The van der Waals surface area contributed by atoms with Crippen molar-refractivity contribution in [3.05, 3.63) is 71.0 Å². The van der Waals surface area contributed by atoms with E-state index in [2.05, 4.69) is 47.1 Å². The van der Waals surface area contributed by atoms with Gasteiger partial charge in [-0.1, -0.05) is 57.9 Å². The molecule has 2 aromatic carbocycles. The first kappa shape index (κ1) is 14.3. The van der Waals surface area contributed by atoms with Crippen molar-refractivity contribution >= 4 is 15.9 Å². The van der Waals surface area contributed by atoms with Crippen LogP contribution in [0.25, 0.3) is 0 Å². The number of hydrogen-bond acceptors (Lipinski definition) is 0. The van der Waals surface area contributed by atoms with Crippen molar-refractivity contribution in [1.82, 2.24) is 0 Å². The molecule has 1 atom stereocenters. The summed E-state index contributed by atoms with van der Waals surface area (Å²) in [5.41, 5.74) is 3.84. The molecular formula is C17H18BrF. The zero-order valence-corrected chi connectivity index (χ0v) is 12.7. The number of rotatable bonds is 5. The summed E-state index contributed by atoms with van der Waals surface area (Å²) in [6.45, 7) is 2.10. The van der Waals surface area contributed by atoms with E-state index in [0.29, 0.717) is 5.92 Å². The van der Waals surface area contributed by atoms with Crippen molar-refractivity contribution < 1.29 is 4.39 Å². The Kier molecular flexibility index (Phi) is 5.15. The highest BCUT2D eigenvalue weighted by atomic mass is 79.9. The molecule has 1 unspecified atom stereocenters. The number of hydrogen-bond donors (Lipinski definition) is 0. The molecule has 0 fully saturated rings.